The number of hydrogen-bond donors (Lipinski definition) is 2. The first-order chi connectivity index (χ1) is 13.9. The summed E-state index contributed by atoms with van der Waals surface area (Å²) in [6.07, 6.45) is -3.61. The molecule has 0 saturated carbocycles. The molecule has 0 atom stereocenters. The Bertz CT molecular complexity index is 1190. The van der Waals surface area contributed by atoms with Gasteiger partial charge < -0.3 is 5.32 Å². The lowest BCUT2D eigenvalue weighted by molar-refractivity contribution is -0.137. The van der Waals surface area contributed by atoms with Crippen LogP contribution in [0.25, 0.3) is 11.4 Å². The lowest BCUT2D eigenvalue weighted by Crippen LogP contribution is -2.29. The van der Waals surface area contributed by atoms with Gasteiger partial charge in [0.2, 0.25) is 15.8 Å². The molecule has 0 fully saturated rings. The number of benzene rings is 2. The van der Waals surface area contributed by atoms with Crippen LogP contribution >= 0.6 is 0 Å². The van der Waals surface area contributed by atoms with Crippen molar-refractivity contribution in [3.8, 4) is 11.4 Å². The van der Waals surface area contributed by atoms with Crippen LogP contribution in [0.4, 0.5) is 24.5 Å². The number of carbonyl (C=O) groups is 1. The number of alkyl halides is 3. The molecule has 13 heteroatoms. The lowest BCUT2D eigenvalue weighted by atomic mass is 10.1. The molecule has 3 aromatic rings. The van der Waals surface area contributed by atoms with Crippen LogP contribution in [0.1, 0.15) is 15.9 Å². The fourth-order valence-electron chi connectivity index (χ4n) is 2.50. The van der Waals surface area contributed by atoms with E-state index in [-0.39, 0.29) is 11.4 Å². The van der Waals surface area contributed by atoms with Gasteiger partial charge in [0, 0.05) is 22.5 Å². The highest BCUT2D eigenvalue weighted by molar-refractivity contribution is 7.89. The van der Waals surface area contributed by atoms with E-state index in [1.54, 1.807) is 0 Å². The van der Waals surface area contributed by atoms with E-state index in [2.05, 4.69) is 20.7 Å². The van der Waals surface area contributed by atoms with Gasteiger partial charge in [-0.05, 0) is 47.7 Å². The Hall–Kier alpha value is -3.48. The molecule has 1 aromatic heterocycles. The summed E-state index contributed by atoms with van der Waals surface area (Å²) in [5, 5.41) is 14.6. The molecule has 0 aliphatic carbocycles. The summed E-state index contributed by atoms with van der Waals surface area (Å²) in [7, 11) is -2.25. The maximum atomic E-state index is 12.7. The molecule has 0 spiro atoms. The first-order valence-electron chi connectivity index (χ1n) is 8.27. The van der Waals surface area contributed by atoms with Crippen molar-refractivity contribution in [3.63, 3.8) is 0 Å². The lowest BCUT2D eigenvalue weighted by Gasteiger charge is -2.13. The minimum absolute atomic E-state index is 0.0147. The summed E-state index contributed by atoms with van der Waals surface area (Å²) in [5.41, 5.74) is 0.238. The summed E-state index contributed by atoms with van der Waals surface area (Å²) in [4.78, 5) is 13.4. The molecule has 9 nitrogen and oxygen atoms in total. The molecule has 0 radical (unpaired) electrons. The van der Waals surface area contributed by atoms with Gasteiger partial charge in [-0.3, -0.25) is 4.79 Å². The third kappa shape index (κ3) is 5.11. The van der Waals surface area contributed by atoms with Crippen LogP contribution in [-0.4, -0.2) is 40.8 Å². The third-order valence-electron chi connectivity index (χ3n) is 3.80. The summed E-state index contributed by atoms with van der Waals surface area (Å²) in [6, 6.07) is 8.52. The van der Waals surface area contributed by atoms with Crippen LogP contribution in [0.3, 0.4) is 0 Å². The van der Waals surface area contributed by atoms with Gasteiger partial charge in [0.25, 0.3) is 5.91 Å². The van der Waals surface area contributed by atoms with E-state index in [1.165, 1.54) is 42.2 Å². The van der Waals surface area contributed by atoms with E-state index >= 15 is 0 Å². The number of anilines is 2. The van der Waals surface area contributed by atoms with Crippen LogP contribution < -0.4 is 10.0 Å². The normalized spacial score (nSPS) is 11.9. The average Bonchev–Trinajstić information content (AvgIpc) is 3.06. The number of amides is 1. The number of rotatable bonds is 5. The summed E-state index contributed by atoms with van der Waals surface area (Å²) in [6.45, 7) is 0. The van der Waals surface area contributed by atoms with Gasteiger partial charge in [0.15, 0.2) is 0 Å². The number of sulfonamides is 1. The largest absolute Gasteiger partial charge is 0.416 e. The van der Waals surface area contributed by atoms with Gasteiger partial charge in [-0.1, -0.05) is 0 Å². The SMILES string of the molecule is Cn1nnc(-c2cc(C(=O)NS(C)(=O)=O)ccc2Nc2ccc(C(F)(F)F)cc2)n1. The van der Waals surface area contributed by atoms with Gasteiger partial charge in [0.1, 0.15) is 0 Å². The maximum absolute atomic E-state index is 12.7. The third-order valence-corrected chi connectivity index (χ3v) is 4.36. The molecule has 1 amide bonds. The minimum atomic E-state index is -4.46. The van der Waals surface area contributed by atoms with Gasteiger partial charge >= 0.3 is 6.18 Å². The number of tetrazole rings is 1. The molecule has 0 aliphatic rings. The quantitative estimate of drug-likeness (QED) is 0.625. The standard InChI is InChI=1S/C17H15F3N6O3S/c1-26-23-15(22-25-26)13-9-10(16(27)24-30(2,28)29)3-8-14(13)21-12-6-4-11(5-7-12)17(18,19)20/h3-9,21H,1-2H3,(H,24,27). The average molecular weight is 440 g/mol. The monoisotopic (exact) mass is 440 g/mol. The van der Waals surface area contributed by atoms with Gasteiger partial charge in [-0.2, -0.15) is 18.0 Å². The van der Waals surface area contributed by atoms with E-state index in [1.807, 2.05) is 4.72 Å². The molecule has 2 N–H and O–H groups in total. The van der Waals surface area contributed by atoms with Crippen molar-refractivity contribution in [2.75, 3.05) is 11.6 Å². The Morgan fingerprint density at radius 1 is 1.10 bits per heavy atom. The van der Waals surface area contributed by atoms with Crippen LogP contribution in [0.5, 0.6) is 0 Å². The zero-order valence-electron chi connectivity index (χ0n) is 15.6. The van der Waals surface area contributed by atoms with Crippen molar-refractivity contribution in [3.05, 3.63) is 53.6 Å². The first-order valence-corrected chi connectivity index (χ1v) is 10.2. The number of aryl methyl sites for hydroxylation is 1. The van der Waals surface area contributed by atoms with Crippen LogP contribution in [0.2, 0.25) is 0 Å². The van der Waals surface area contributed by atoms with Gasteiger partial charge in [-0.15, -0.1) is 10.2 Å². The Labute approximate surface area is 169 Å². The number of carbonyl (C=O) groups excluding carboxylic acids is 1. The van der Waals surface area contributed by atoms with E-state index in [0.29, 0.717) is 16.9 Å². The zero-order chi connectivity index (χ0) is 22.1. The molecule has 2 aromatic carbocycles. The Morgan fingerprint density at radius 2 is 1.77 bits per heavy atom. The van der Waals surface area contributed by atoms with Crippen molar-refractivity contribution in [1.82, 2.24) is 24.9 Å². The molecule has 30 heavy (non-hydrogen) atoms. The van der Waals surface area contributed by atoms with E-state index in [9.17, 15) is 26.4 Å². The zero-order valence-corrected chi connectivity index (χ0v) is 16.4. The molecule has 158 valence electrons. The number of halogens is 3. The first kappa shape index (κ1) is 21.2. The smallest absolute Gasteiger partial charge is 0.355 e. The topological polar surface area (TPSA) is 119 Å². The van der Waals surface area contributed by atoms with Crippen molar-refractivity contribution in [1.29, 1.82) is 0 Å². The Kier molecular flexibility index (Phi) is 5.48. The summed E-state index contributed by atoms with van der Waals surface area (Å²) in [5.74, 6) is -0.732. The fourth-order valence-corrected chi connectivity index (χ4v) is 2.95. The summed E-state index contributed by atoms with van der Waals surface area (Å²) >= 11 is 0. The van der Waals surface area contributed by atoms with Crippen LogP contribution in [-0.2, 0) is 23.2 Å². The predicted octanol–water partition coefficient (Wildman–Crippen LogP) is 2.33. The Morgan fingerprint density at radius 3 is 2.30 bits per heavy atom. The van der Waals surface area contributed by atoms with Crippen LogP contribution in [0.15, 0.2) is 42.5 Å². The number of nitrogens with zero attached hydrogens (tertiary/aromatic N) is 4. The predicted molar refractivity (Wildman–Crippen MR) is 101 cm³/mol. The highest BCUT2D eigenvalue weighted by Gasteiger charge is 2.30. The Balaban J connectivity index is 1.98. The van der Waals surface area contributed by atoms with Crippen molar-refractivity contribution < 1.29 is 26.4 Å². The van der Waals surface area contributed by atoms with E-state index in [4.69, 9.17) is 0 Å². The van der Waals surface area contributed by atoms with E-state index < -0.39 is 27.7 Å². The fraction of sp³-hybridized carbons (Fsp3) is 0.176. The molecule has 0 bridgehead atoms. The number of nitrogens with one attached hydrogen (secondary N) is 2. The maximum Gasteiger partial charge on any atom is 0.416 e. The number of hydrogen-bond acceptors (Lipinski definition) is 7. The minimum Gasteiger partial charge on any atom is -0.355 e. The van der Waals surface area contributed by atoms with Gasteiger partial charge in [-0.25, -0.2) is 13.1 Å². The van der Waals surface area contributed by atoms with E-state index in [0.717, 1.165) is 18.4 Å². The molecule has 1 heterocycles. The highest BCUT2D eigenvalue weighted by Crippen LogP contribution is 2.32. The molecule has 0 aliphatic heterocycles. The van der Waals surface area contributed by atoms with Crippen LogP contribution in [0, 0.1) is 0 Å². The summed E-state index contributed by atoms with van der Waals surface area (Å²) < 4.78 is 62.7. The second-order valence-corrected chi connectivity index (χ2v) is 8.01. The van der Waals surface area contributed by atoms with Crippen molar-refractivity contribution in [2.24, 2.45) is 7.05 Å². The molecule has 3 rings (SSSR count). The highest BCUT2D eigenvalue weighted by atomic mass is 32.2. The molecule has 0 saturated heterocycles. The molecular formula is C17H15F3N6O3S. The van der Waals surface area contributed by atoms with Crippen molar-refractivity contribution in [2.45, 2.75) is 6.18 Å². The number of aromatic nitrogens is 4. The second kappa shape index (κ2) is 7.74. The molecular weight excluding hydrogens is 425 g/mol. The van der Waals surface area contributed by atoms with Gasteiger partial charge in [0.05, 0.1) is 18.9 Å². The van der Waals surface area contributed by atoms with Crippen molar-refractivity contribution >= 4 is 27.3 Å². The second-order valence-electron chi connectivity index (χ2n) is 6.27. The molecule has 0 unspecified atom stereocenters.